The average Bonchev–Trinajstić information content (AvgIpc) is 3.18. The summed E-state index contributed by atoms with van der Waals surface area (Å²) < 4.78 is 28.5. The topological polar surface area (TPSA) is 46.9 Å². The molecule has 1 amide bonds. The summed E-state index contributed by atoms with van der Waals surface area (Å²) in [6.07, 6.45) is 2.40. The number of carbonyl (C=O) groups is 1. The van der Waals surface area contributed by atoms with Gasteiger partial charge in [0.1, 0.15) is 0 Å². The van der Waals surface area contributed by atoms with Gasteiger partial charge in [-0.15, -0.1) is 0 Å². The van der Waals surface area contributed by atoms with Gasteiger partial charge in [-0.3, -0.25) is 4.79 Å². The Morgan fingerprint density at radius 1 is 1.04 bits per heavy atom. The van der Waals surface area contributed by atoms with E-state index in [-0.39, 0.29) is 5.91 Å². The fourth-order valence-corrected chi connectivity index (χ4v) is 3.69. The highest BCUT2D eigenvalue weighted by atomic mass is 19.2. The molecule has 0 unspecified atom stereocenters. The maximum Gasteiger partial charge on any atom is 0.276 e. The molecule has 2 aromatic carbocycles. The van der Waals surface area contributed by atoms with Crippen LogP contribution < -0.4 is 5.32 Å². The Morgan fingerprint density at radius 3 is 2.48 bits per heavy atom. The monoisotopic (exact) mass is 367 g/mol. The molecule has 4 rings (SSSR count). The number of nitrogens with zero attached hydrogens (tertiary/aromatic N) is 2. The molecule has 4 nitrogen and oxygen atoms in total. The van der Waals surface area contributed by atoms with Crippen LogP contribution >= 0.6 is 0 Å². The van der Waals surface area contributed by atoms with Crippen LogP contribution in [-0.2, 0) is 12.8 Å². The molecule has 0 radical (unpaired) electrons. The molecular weight excluding hydrogens is 348 g/mol. The van der Waals surface area contributed by atoms with E-state index in [0.717, 1.165) is 53.8 Å². The Kier molecular flexibility index (Phi) is 4.26. The molecule has 138 valence electrons. The van der Waals surface area contributed by atoms with Gasteiger partial charge >= 0.3 is 0 Å². The number of aryl methyl sites for hydroxylation is 2. The van der Waals surface area contributed by atoms with Gasteiger partial charge in [-0.2, -0.15) is 5.10 Å². The lowest BCUT2D eigenvalue weighted by Gasteiger charge is -2.07. The van der Waals surface area contributed by atoms with Crippen molar-refractivity contribution in [2.24, 2.45) is 0 Å². The van der Waals surface area contributed by atoms with Gasteiger partial charge < -0.3 is 5.32 Å². The van der Waals surface area contributed by atoms with E-state index in [1.165, 1.54) is 6.07 Å². The molecule has 3 aromatic rings. The number of fused-ring (bicyclic) bond motifs is 1. The van der Waals surface area contributed by atoms with Crippen molar-refractivity contribution in [2.45, 2.75) is 33.1 Å². The molecule has 1 N–H and O–H groups in total. The quantitative estimate of drug-likeness (QED) is 0.740. The van der Waals surface area contributed by atoms with E-state index in [9.17, 15) is 13.6 Å². The van der Waals surface area contributed by atoms with E-state index in [2.05, 4.69) is 10.4 Å². The molecule has 0 spiro atoms. The number of benzene rings is 2. The fourth-order valence-electron chi connectivity index (χ4n) is 3.69. The van der Waals surface area contributed by atoms with Crippen LogP contribution in [0.3, 0.4) is 0 Å². The number of carbonyl (C=O) groups excluding carboxylic acids is 1. The zero-order chi connectivity index (χ0) is 19.1. The van der Waals surface area contributed by atoms with Crippen LogP contribution in [0.15, 0.2) is 36.4 Å². The van der Waals surface area contributed by atoms with E-state index in [4.69, 9.17) is 0 Å². The van der Waals surface area contributed by atoms with Gasteiger partial charge in [0.25, 0.3) is 5.91 Å². The summed E-state index contributed by atoms with van der Waals surface area (Å²) in [5.74, 6) is -2.13. The van der Waals surface area contributed by atoms with E-state index in [1.807, 2.05) is 32.0 Å². The Balaban J connectivity index is 1.71. The van der Waals surface area contributed by atoms with Gasteiger partial charge in [-0.05, 0) is 68.5 Å². The third-order valence-electron chi connectivity index (χ3n) is 4.77. The third-order valence-corrected chi connectivity index (χ3v) is 4.77. The molecule has 6 heteroatoms. The van der Waals surface area contributed by atoms with Crippen LogP contribution in [0.5, 0.6) is 0 Å². The standard InChI is InChI=1S/C21H19F2N3O/c1-12-8-13(2)10-14(9-12)24-21(27)20-16-4-3-5-19(16)26(25-20)15-6-7-17(22)18(23)11-15/h6-11H,3-5H2,1-2H3,(H,24,27). The first kappa shape index (κ1) is 17.4. The van der Waals surface area contributed by atoms with Crippen molar-refractivity contribution in [3.63, 3.8) is 0 Å². The summed E-state index contributed by atoms with van der Waals surface area (Å²) in [6.45, 7) is 3.94. The van der Waals surface area contributed by atoms with Crippen molar-refractivity contribution in [1.29, 1.82) is 0 Å². The number of nitrogens with one attached hydrogen (secondary N) is 1. The van der Waals surface area contributed by atoms with Crippen LogP contribution in [0.1, 0.15) is 39.3 Å². The Bertz CT molecular complexity index is 1040. The van der Waals surface area contributed by atoms with Gasteiger partial charge in [0.15, 0.2) is 17.3 Å². The predicted molar refractivity (Wildman–Crippen MR) is 99.4 cm³/mol. The smallest absolute Gasteiger partial charge is 0.276 e. The summed E-state index contributed by atoms with van der Waals surface area (Å²) in [7, 11) is 0. The molecule has 1 heterocycles. The number of rotatable bonds is 3. The predicted octanol–water partition coefficient (Wildman–Crippen LogP) is 4.51. The molecule has 0 atom stereocenters. The van der Waals surface area contributed by atoms with Crippen LogP contribution in [0, 0.1) is 25.5 Å². The maximum absolute atomic E-state index is 13.6. The normalized spacial score (nSPS) is 12.9. The number of hydrogen-bond acceptors (Lipinski definition) is 2. The minimum atomic E-state index is -0.934. The van der Waals surface area contributed by atoms with E-state index >= 15 is 0 Å². The highest BCUT2D eigenvalue weighted by Gasteiger charge is 2.27. The first-order chi connectivity index (χ1) is 12.9. The zero-order valence-electron chi connectivity index (χ0n) is 15.1. The molecule has 1 aliphatic rings. The van der Waals surface area contributed by atoms with E-state index in [0.29, 0.717) is 17.1 Å². The van der Waals surface area contributed by atoms with Crippen molar-refractivity contribution < 1.29 is 13.6 Å². The van der Waals surface area contributed by atoms with Gasteiger partial charge in [0.05, 0.1) is 5.69 Å². The average molecular weight is 367 g/mol. The summed E-state index contributed by atoms with van der Waals surface area (Å²) in [6, 6.07) is 9.48. The van der Waals surface area contributed by atoms with Crippen LogP contribution in [-0.4, -0.2) is 15.7 Å². The minimum Gasteiger partial charge on any atom is -0.321 e. The van der Waals surface area contributed by atoms with E-state index in [1.54, 1.807) is 4.68 Å². The Hall–Kier alpha value is -3.02. The highest BCUT2D eigenvalue weighted by molar-refractivity contribution is 6.04. The summed E-state index contributed by atoms with van der Waals surface area (Å²) in [5, 5.41) is 7.34. The molecule has 0 fully saturated rings. The third kappa shape index (κ3) is 3.23. The molecule has 1 aliphatic carbocycles. The summed E-state index contributed by atoms with van der Waals surface area (Å²) >= 11 is 0. The van der Waals surface area contributed by atoms with Crippen molar-refractivity contribution in [2.75, 3.05) is 5.32 Å². The maximum atomic E-state index is 13.6. The summed E-state index contributed by atoms with van der Waals surface area (Å²) in [4.78, 5) is 12.8. The lowest BCUT2D eigenvalue weighted by molar-refractivity contribution is 0.102. The molecule has 27 heavy (non-hydrogen) atoms. The van der Waals surface area contributed by atoms with Crippen molar-refractivity contribution in [1.82, 2.24) is 9.78 Å². The Labute approximate surface area is 155 Å². The van der Waals surface area contributed by atoms with Crippen LogP contribution in [0.4, 0.5) is 14.5 Å². The second-order valence-corrected chi connectivity index (χ2v) is 6.97. The molecular formula is C21H19F2N3O. The van der Waals surface area contributed by atoms with Crippen LogP contribution in [0.2, 0.25) is 0 Å². The second-order valence-electron chi connectivity index (χ2n) is 6.97. The number of halogens is 2. The largest absolute Gasteiger partial charge is 0.321 e. The summed E-state index contributed by atoms with van der Waals surface area (Å²) in [5.41, 5.74) is 5.34. The fraction of sp³-hybridized carbons (Fsp3) is 0.238. The van der Waals surface area contributed by atoms with Crippen LogP contribution in [0.25, 0.3) is 5.69 Å². The molecule has 0 saturated heterocycles. The molecule has 0 aliphatic heterocycles. The first-order valence-corrected chi connectivity index (χ1v) is 8.88. The van der Waals surface area contributed by atoms with Gasteiger partial charge in [0, 0.05) is 23.0 Å². The van der Waals surface area contributed by atoms with Crippen molar-refractivity contribution in [3.05, 3.63) is 76.1 Å². The first-order valence-electron chi connectivity index (χ1n) is 8.88. The molecule has 1 aromatic heterocycles. The highest BCUT2D eigenvalue weighted by Crippen LogP contribution is 2.29. The molecule has 0 saturated carbocycles. The lowest BCUT2D eigenvalue weighted by atomic mass is 10.1. The Morgan fingerprint density at radius 2 is 1.78 bits per heavy atom. The minimum absolute atomic E-state index is 0.292. The van der Waals surface area contributed by atoms with Gasteiger partial charge in [-0.25, -0.2) is 13.5 Å². The van der Waals surface area contributed by atoms with E-state index < -0.39 is 11.6 Å². The SMILES string of the molecule is Cc1cc(C)cc(NC(=O)c2nn(-c3ccc(F)c(F)c3)c3c2CCC3)c1. The molecule has 0 bridgehead atoms. The van der Waals surface area contributed by atoms with Gasteiger partial charge in [0.2, 0.25) is 0 Å². The van der Waals surface area contributed by atoms with Gasteiger partial charge in [-0.1, -0.05) is 6.07 Å². The number of amides is 1. The van der Waals surface area contributed by atoms with Crippen molar-refractivity contribution in [3.8, 4) is 5.69 Å². The zero-order valence-corrected chi connectivity index (χ0v) is 15.1. The second kappa shape index (κ2) is 6.61. The lowest BCUT2D eigenvalue weighted by Crippen LogP contribution is -2.15. The van der Waals surface area contributed by atoms with Crippen molar-refractivity contribution >= 4 is 11.6 Å². The number of hydrogen-bond donors (Lipinski definition) is 1. The number of aromatic nitrogens is 2. The number of anilines is 1.